The molecule has 0 aromatic carbocycles. The van der Waals surface area contributed by atoms with Crippen molar-refractivity contribution in [1.82, 2.24) is 5.32 Å². The van der Waals surface area contributed by atoms with E-state index < -0.39 is 26.6 Å². The maximum absolute atomic E-state index is 13.0. The molecule has 0 saturated carbocycles. The number of quaternary nitrogens is 1. The molecule has 0 radical (unpaired) electrons. The lowest BCUT2D eigenvalue weighted by atomic mass is 10.1. The largest absolute Gasteiger partial charge is 0.756 e. The molecule has 0 aromatic rings. The Balaban J connectivity index is 4.28. The van der Waals surface area contributed by atoms with Crippen LogP contribution in [0.15, 0.2) is 146 Å². The number of nitrogens with zero attached hydrogens (tertiary/aromatic N) is 1. The standard InChI is InChI=1S/C69H117N2O6P/c1-6-8-10-12-14-16-18-20-22-24-26-28-29-30-31-32-33-34-35-36-37-38-39-40-41-43-45-47-49-51-53-55-57-59-61-63-69(73)70-67(66-77-78(74,75)76-65-64-71(3,4)5)68(72)62-60-58-56-54-52-50-48-46-44-42-27-25-23-21-19-17-15-13-11-9-7-2/h8,10,14,16,20,22,26,28,30-31,33-34,36-37,39-40,43-46,52,54,60,62,67-68,72H,6-7,9,11-13,15,17-19,21,23-25,27,29,32,35,38,41-42,47-51,53,55-59,61,63-66H2,1-5H3,(H-,70,73,74,75)/b10-8-,16-14-,22-20-,28-26-,31-30-,34-33-,37-36-,40-39-,45-43-,46-44+,54-52+,62-60+. The van der Waals surface area contributed by atoms with Gasteiger partial charge in [-0.15, -0.1) is 0 Å². The van der Waals surface area contributed by atoms with Gasteiger partial charge in [0.05, 0.1) is 39.9 Å². The van der Waals surface area contributed by atoms with Crippen LogP contribution in [0.2, 0.25) is 0 Å². The first-order valence-electron chi connectivity index (χ1n) is 31.2. The number of hydrogen-bond donors (Lipinski definition) is 2. The van der Waals surface area contributed by atoms with E-state index in [1.807, 2.05) is 27.2 Å². The number of amides is 1. The van der Waals surface area contributed by atoms with Gasteiger partial charge in [-0.05, 0) is 116 Å². The molecule has 78 heavy (non-hydrogen) atoms. The van der Waals surface area contributed by atoms with Gasteiger partial charge in [-0.25, -0.2) is 0 Å². The molecule has 0 aliphatic heterocycles. The summed E-state index contributed by atoms with van der Waals surface area (Å²) in [6, 6.07) is -0.928. The topological polar surface area (TPSA) is 108 Å². The second-order valence-electron chi connectivity index (χ2n) is 21.7. The molecular formula is C69H117N2O6P. The maximum atomic E-state index is 13.0. The van der Waals surface area contributed by atoms with Gasteiger partial charge < -0.3 is 28.8 Å². The van der Waals surface area contributed by atoms with Gasteiger partial charge in [0.15, 0.2) is 0 Å². The molecule has 2 N–H and O–H groups in total. The van der Waals surface area contributed by atoms with Crippen LogP contribution in [0.4, 0.5) is 0 Å². The minimum absolute atomic E-state index is 0.0192. The lowest BCUT2D eigenvalue weighted by Crippen LogP contribution is -2.45. The van der Waals surface area contributed by atoms with E-state index in [1.165, 1.54) is 96.3 Å². The minimum atomic E-state index is -4.63. The number of aliphatic hydroxyl groups excluding tert-OH is 1. The summed E-state index contributed by atoms with van der Waals surface area (Å²) in [5, 5.41) is 13.9. The number of hydrogen-bond acceptors (Lipinski definition) is 6. The molecule has 0 aliphatic carbocycles. The van der Waals surface area contributed by atoms with Gasteiger partial charge in [0.1, 0.15) is 13.2 Å². The molecule has 0 spiro atoms. The summed E-state index contributed by atoms with van der Waals surface area (Å²) >= 11 is 0. The molecule has 9 heteroatoms. The highest BCUT2D eigenvalue weighted by atomic mass is 31.2. The van der Waals surface area contributed by atoms with Crippen molar-refractivity contribution in [2.24, 2.45) is 0 Å². The smallest absolute Gasteiger partial charge is 0.268 e. The number of carbonyl (C=O) groups is 1. The zero-order valence-corrected chi connectivity index (χ0v) is 51.5. The molecule has 3 unspecified atom stereocenters. The van der Waals surface area contributed by atoms with Crippen LogP contribution in [-0.2, 0) is 18.4 Å². The Kier molecular flexibility index (Phi) is 55.4. The van der Waals surface area contributed by atoms with E-state index in [2.05, 4.69) is 153 Å². The molecule has 444 valence electrons. The first-order valence-corrected chi connectivity index (χ1v) is 32.7. The zero-order valence-electron chi connectivity index (χ0n) is 50.6. The van der Waals surface area contributed by atoms with Crippen molar-refractivity contribution in [2.45, 2.75) is 244 Å². The van der Waals surface area contributed by atoms with Gasteiger partial charge >= 0.3 is 0 Å². The highest BCUT2D eigenvalue weighted by Gasteiger charge is 2.23. The SMILES string of the molecule is CC/C=C\C/C=C\C/C=C\C/C=C\C/C=C\C/C=C\C/C=C\C/C=C\C/C=C\CCCCCCCCCC(=O)NC(COP(=O)([O-])OCC[N+](C)(C)C)C(O)/C=C/CC/C=C/CC/C=C/CCCCCCCCCCCCC. The van der Waals surface area contributed by atoms with Crippen LogP contribution < -0.4 is 10.2 Å². The second kappa shape index (κ2) is 58.0. The number of allylic oxidation sites excluding steroid dienone is 23. The van der Waals surface area contributed by atoms with Gasteiger partial charge in [-0.2, -0.15) is 0 Å². The average Bonchev–Trinajstić information content (AvgIpc) is 3.41. The predicted molar refractivity (Wildman–Crippen MR) is 338 cm³/mol. The summed E-state index contributed by atoms with van der Waals surface area (Å²) in [6.45, 7) is 4.49. The van der Waals surface area contributed by atoms with E-state index in [0.29, 0.717) is 17.4 Å². The summed E-state index contributed by atoms with van der Waals surface area (Å²) in [5.74, 6) is -0.228. The predicted octanol–water partition coefficient (Wildman–Crippen LogP) is 19.0. The van der Waals surface area contributed by atoms with Crippen molar-refractivity contribution in [1.29, 1.82) is 0 Å². The van der Waals surface area contributed by atoms with Gasteiger partial charge in [0.25, 0.3) is 7.82 Å². The van der Waals surface area contributed by atoms with Crippen molar-refractivity contribution < 1.29 is 32.9 Å². The van der Waals surface area contributed by atoms with Crippen molar-refractivity contribution in [3.05, 3.63) is 146 Å². The Bertz CT molecular complexity index is 1780. The number of phosphoric acid groups is 1. The van der Waals surface area contributed by atoms with E-state index >= 15 is 0 Å². The Labute approximate surface area is 480 Å². The van der Waals surface area contributed by atoms with Crippen LogP contribution in [0.5, 0.6) is 0 Å². The van der Waals surface area contributed by atoms with E-state index in [-0.39, 0.29) is 12.5 Å². The number of likely N-dealkylation sites (N-methyl/N-ethyl adjacent to an activating group) is 1. The van der Waals surface area contributed by atoms with Crippen LogP contribution in [0.25, 0.3) is 0 Å². The number of aliphatic hydroxyl groups is 1. The van der Waals surface area contributed by atoms with E-state index in [1.54, 1.807) is 6.08 Å². The van der Waals surface area contributed by atoms with Crippen molar-refractivity contribution in [3.63, 3.8) is 0 Å². The molecule has 3 atom stereocenters. The van der Waals surface area contributed by atoms with Crippen molar-refractivity contribution in [3.8, 4) is 0 Å². The summed E-state index contributed by atoms with van der Waals surface area (Å²) < 4.78 is 23.3. The summed E-state index contributed by atoms with van der Waals surface area (Å²) in [7, 11) is 1.21. The summed E-state index contributed by atoms with van der Waals surface area (Å²) in [6.07, 6.45) is 89.3. The number of nitrogens with one attached hydrogen (secondary N) is 1. The molecular weight excluding hydrogens is 984 g/mol. The minimum Gasteiger partial charge on any atom is -0.756 e. The fraction of sp³-hybridized carbons (Fsp3) is 0.638. The molecule has 0 bridgehead atoms. The Morgan fingerprint density at radius 3 is 1.19 bits per heavy atom. The molecule has 0 saturated heterocycles. The first-order chi connectivity index (χ1) is 38.0. The number of unbranched alkanes of at least 4 members (excludes halogenated alkanes) is 20. The second-order valence-corrected chi connectivity index (χ2v) is 23.1. The van der Waals surface area contributed by atoms with E-state index in [9.17, 15) is 19.4 Å². The van der Waals surface area contributed by atoms with Gasteiger partial charge in [-0.3, -0.25) is 9.36 Å². The molecule has 0 fully saturated rings. The maximum Gasteiger partial charge on any atom is 0.268 e. The highest BCUT2D eigenvalue weighted by Crippen LogP contribution is 2.38. The number of rotatable bonds is 55. The van der Waals surface area contributed by atoms with Gasteiger partial charge in [0, 0.05) is 6.42 Å². The summed E-state index contributed by atoms with van der Waals surface area (Å²) in [5.41, 5.74) is 0. The van der Waals surface area contributed by atoms with Crippen molar-refractivity contribution >= 4 is 13.7 Å². The Morgan fingerprint density at radius 1 is 0.462 bits per heavy atom. The quantitative estimate of drug-likeness (QED) is 0.0272. The van der Waals surface area contributed by atoms with Crippen LogP contribution in [0.1, 0.15) is 232 Å². The van der Waals surface area contributed by atoms with Gasteiger partial charge in [0.2, 0.25) is 5.91 Å². The molecule has 0 heterocycles. The third-order valence-corrected chi connectivity index (χ3v) is 14.0. The third kappa shape index (κ3) is 60.0. The fourth-order valence-corrected chi connectivity index (χ4v) is 8.90. The monoisotopic (exact) mass is 1100 g/mol. The third-order valence-electron chi connectivity index (χ3n) is 13.0. The average molecular weight is 1100 g/mol. The normalized spacial score (nSPS) is 14.8. The van der Waals surface area contributed by atoms with Crippen molar-refractivity contribution in [2.75, 3.05) is 40.9 Å². The van der Waals surface area contributed by atoms with E-state index in [4.69, 9.17) is 9.05 Å². The number of carbonyl (C=O) groups excluding carboxylic acids is 1. The summed E-state index contributed by atoms with van der Waals surface area (Å²) in [4.78, 5) is 25.5. The van der Waals surface area contributed by atoms with Crippen LogP contribution in [0, 0.1) is 0 Å². The van der Waals surface area contributed by atoms with E-state index in [0.717, 1.165) is 116 Å². The molecule has 0 rings (SSSR count). The highest BCUT2D eigenvalue weighted by molar-refractivity contribution is 7.45. The Morgan fingerprint density at radius 2 is 0.795 bits per heavy atom. The fourth-order valence-electron chi connectivity index (χ4n) is 8.18. The molecule has 0 aliphatic rings. The zero-order chi connectivity index (χ0) is 57.0. The lowest BCUT2D eigenvalue weighted by molar-refractivity contribution is -0.870. The first kappa shape index (κ1) is 74.4. The van der Waals surface area contributed by atoms with Crippen LogP contribution >= 0.6 is 7.82 Å². The van der Waals surface area contributed by atoms with Crippen LogP contribution in [-0.4, -0.2) is 68.5 Å². The number of phosphoric ester groups is 1. The molecule has 0 aromatic heterocycles. The lowest BCUT2D eigenvalue weighted by Gasteiger charge is -2.29. The van der Waals surface area contributed by atoms with Crippen LogP contribution in [0.3, 0.4) is 0 Å². The van der Waals surface area contributed by atoms with Gasteiger partial charge in [-0.1, -0.05) is 256 Å². The molecule has 8 nitrogen and oxygen atoms in total. The Hall–Kier alpha value is -3.62. The molecule has 1 amide bonds.